The lowest BCUT2D eigenvalue weighted by atomic mass is 9.58. The van der Waals surface area contributed by atoms with Crippen LogP contribution < -0.4 is 4.74 Å². The van der Waals surface area contributed by atoms with E-state index in [0.29, 0.717) is 35.4 Å². The van der Waals surface area contributed by atoms with Crippen molar-refractivity contribution in [3.05, 3.63) is 47.5 Å². The average Bonchev–Trinajstić information content (AvgIpc) is 2.96. The zero-order valence-electron chi connectivity index (χ0n) is 46.6. The Morgan fingerprint density at radius 1 is 0.622 bits per heavy atom. The molecule has 0 radical (unpaired) electrons. The highest BCUT2D eigenvalue weighted by atomic mass is 17.2. The highest BCUT2D eigenvalue weighted by Gasteiger charge is 2.49. The van der Waals surface area contributed by atoms with E-state index in [1.807, 2.05) is 0 Å². The molecule has 1 amide bonds. The first-order valence-electron chi connectivity index (χ1n) is 28.3. The molecule has 1 N–H and O–H groups in total. The van der Waals surface area contributed by atoms with Gasteiger partial charge in [0.05, 0.1) is 19.7 Å². The van der Waals surface area contributed by atoms with E-state index in [2.05, 4.69) is 161 Å². The zero-order chi connectivity index (χ0) is 57.7. The summed E-state index contributed by atoms with van der Waals surface area (Å²) in [6.07, 6.45) is 37.3. The predicted molar refractivity (Wildman–Crippen MR) is 310 cm³/mol. The van der Waals surface area contributed by atoms with Gasteiger partial charge in [-0.3, -0.25) is 19.8 Å². The van der Waals surface area contributed by atoms with Gasteiger partial charge in [-0.05, 0) is 126 Å². The second-order valence-electron chi connectivity index (χ2n) is 21.4. The molecule has 5 aliphatic rings. The van der Waals surface area contributed by atoms with Gasteiger partial charge in [-0.2, -0.15) is 0 Å². The van der Waals surface area contributed by atoms with E-state index in [-0.39, 0.29) is 58.2 Å². The first-order valence-corrected chi connectivity index (χ1v) is 28.3. The normalized spacial score (nSPS) is 20.8. The summed E-state index contributed by atoms with van der Waals surface area (Å²) in [6.45, 7) is 17.9. The first-order chi connectivity index (χ1) is 40.2. The maximum atomic E-state index is 15.5. The summed E-state index contributed by atoms with van der Waals surface area (Å²) in [5, 5.41) is 3.35. The van der Waals surface area contributed by atoms with Gasteiger partial charge in [-0.15, -0.1) is 12.8 Å². The summed E-state index contributed by atoms with van der Waals surface area (Å²) in [4.78, 5) is 60.8. The lowest BCUT2D eigenvalue weighted by Crippen LogP contribution is -2.48. The van der Waals surface area contributed by atoms with Gasteiger partial charge < -0.3 is 9.47 Å². The minimum Gasteiger partial charge on any atom is -0.459 e. The number of carbonyl (C=O) groups is 2. The van der Waals surface area contributed by atoms with Crippen LogP contribution in [-0.4, -0.2) is 50.8 Å². The summed E-state index contributed by atoms with van der Waals surface area (Å²) in [5.41, 5.74) is -0.0960. The third kappa shape index (κ3) is 17.7. The van der Waals surface area contributed by atoms with Crippen molar-refractivity contribution < 1.29 is 38.6 Å². The Labute approximate surface area is 484 Å². The number of rotatable bonds is 15. The quantitative estimate of drug-likeness (QED) is 0.0463. The number of carbonyl (C=O) groups excluding carboxylic acids is 2. The summed E-state index contributed by atoms with van der Waals surface area (Å²) >= 11 is 0. The molecule has 5 aliphatic carbocycles. The van der Waals surface area contributed by atoms with Crippen LogP contribution in [0.3, 0.4) is 0 Å². The van der Waals surface area contributed by atoms with Crippen LogP contribution in [0.25, 0.3) is 10.5 Å². The maximum Gasteiger partial charge on any atom is 0.416 e. The molecule has 13 heteroatoms. The van der Waals surface area contributed by atoms with Crippen LogP contribution in [0.4, 0.5) is 10.5 Å². The molecule has 82 heavy (non-hydrogen) atoms. The van der Waals surface area contributed by atoms with E-state index in [1.54, 1.807) is 0 Å². The molecule has 5 fully saturated rings. The number of ether oxygens (including phenoxy) is 2. The number of nitrogens with one attached hydrogen (secondary N) is 1. The van der Waals surface area contributed by atoms with Gasteiger partial charge in [0.15, 0.2) is 29.4 Å². The smallest absolute Gasteiger partial charge is 0.416 e. The number of aromatic amines is 1. The molecule has 7 rings (SSSR count). The predicted octanol–water partition coefficient (Wildman–Crippen LogP) is 11.4. The number of hydrogen-bond acceptors (Lipinski definition) is 9. The fourth-order valence-electron chi connectivity index (χ4n) is 12.4. The highest BCUT2D eigenvalue weighted by Crippen LogP contribution is 2.53. The monoisotopic (exact) mass is 1090 g/mol. The Kier molecular flexibility index (Phi) is 23.8. The number of nitrogens with zero attached hydrogens (tertiary/aromatic N) is 4. The minimum atomic E-state index is -1.02. The number of esters is 1. The number of terminal acetylenes is 2. The fourth-order valence-corrected chi connectivity index (χ4v) is 12.4. The second-order valence-corrected chi connectivity index (χ2v) is 21.4. The Morgan fingerprint density at radius 2 is 1.06 bits per heavy atom. The number of hydrogen-bond donors (Lipinski definition) is 1. The Hall–Kier alpha value is -9.62. The summed E-state index contributed by atoms with van der Waals surface area (Å²) < 4.78 is 14.7. The van der Waals surface area contributed by atoms with Crippen LogP contribution in [0.15, 0.2) is 24.7 Å². The van der Waals surface area contributed by atoms with Crippen molar-refractivity contribution in [3.8, 4) is 149 Å². The molecule has 5 saturated carbocycles. The van der Waals surface area contributed by atoms with Gasteiger partial charge >= 0.3 is 12.1 Å². The van der Waals surface area contributed by atoms with Crippen LogP contribution in [0.5, 0.6) is 5.88 Å². The topological polar surface area (TPSA) is 130 Å². The van der Waals surface area contributed by atoms with Gasteiger partial charge in [-0.25, -0.2) is 33.7 Å². The third-order valence-electron chi connectivity index (χ3n) is 16.1. The molecule has 2 unspecified atom stereocenters. The van der Waals surface area contributed by atoms with E-state index in [1.165, 1.54) is 75.1 Å². The Balaban J connectivity index is 1.18. The van der Waals surface area contributed by atoms with Crippen molar-refractivity contribution in [3.63, 3.8) is 0 Å². The van der Waals surface area contributed by atoms with E-state index in [4.69, 9.17) is 53.4 Å². The summed E-state index contributed by atoms with van der Waals surface area (Å²) in [7, 11) is 0. The van der Waals surface area contributed by atoms with Crippen LogP contribution in [0.1, 0.15) is 164 Å². The van der Waals surface area contributed by atoms with Gasteiger partial charge in [0.1, 0.15) is 17.5 Å². The number of fused-ring (bicyclic) bond motifs is 1. The molecule has 0 spiro atoms. The molecule has 0 bridgehead atoms. The van der Waals surface area contributed by atoms with Gasteiger partial charge in [0.25, 0.3) is 5.69 Å². The van der Waals surface area contributed by atoms with E-state index < -0.39 is 25.2 Å². The highest BCUT2D eigenvalue weighted by molar-refractivity contribution is 6.05. The van der Waals surface area contributed by atoms with Crippen molar-refractivity contribution in [1.29, 1.82) is 0 Å². The van der Waals surface area contributed by atoms with Gasteiger partial charge in [-0.1, -0.05) is 129 Å². The molecular weight excluding hydrogens is 1030 g/mol. The first kappa shape index (κ1) is 60.0. The van der Waals surface area contributed by atoms with E-state index >= 15 is 4.79 Å². The van der Waals surface area contributed by atoms with Gasteiger partial charge in [0.2, 0.25) is 5.88 Å². The molecule has 414 valence electrons. The lowest BCUT2D eigenvalue weighted by Gasteiger charge is -2.50. The molecule has 2 aromatic rings. The number of aromatic nitrogens is 3. The SMILES string of the molecule is [C-]#[N+]c1c(C(=O)OC2C(C3CCCCC3)CC(C3CCCCC3)CC2C2CCCCC2)c2nc(C3CCC(C)CC3)[nH]n2c1OC(=O)N(CC(=C)OOC#CC#CC#CC#CC#CC#C)CC(=C)OOC#CC#CC#CC#CC#CC#C. The molecule has 0 aromatic carbocycles. The second kappa shape index (κ2) is 32.5. The van der Waals surface area contributed by atoms with Crippen molar-refractivity contribution in [2.45, 2.75) is 154 Å². The Morgan fingerprint density at radius 3 is 1.51 bits per heavy atom. The molecule has 2 heterocycles. The summed E-state index contributed by atoms with van der Waals surface area (Å²) in [6, 6.07) is 0. The zero-order valence-corrected chi connectivity index (χ0v) is 46.6. The van der Waals surface area contributed by atoms with Crippen molar-refractivity contribution in [1.82, 2.24) is 19.5 Å². The molecule has 0 saturated heterocycles. The number of H-pyrrole nitrogens is 1. The molecular formula is C69H65N5O8. The van der Waals surface area contributed by atoms with Crippen LogP contribution >= 0.6 is 0 Å². The fraction of sp³-hybridized carbons (Fsp3) is 0.478. The van der Waals surface area contributed by atoms with E-state index in [9.17, 15) is 4.79 Å². The third-order valence-corrected chi connectivity index (χ3v) is 16.1. The molecule has 13 nitrogen and oxygen atoms in total. The average molecular weight is 1090 g/mol. The van der Waals surface area contributed by atoms with Crippen molar-refractivity contribution in [2.75, 3.05) is 13.1 Å². The van der Waals surface area contributed by atoms with Crippen LogP contribution in [0, 0.1) is 191 Å². The molecule has 2 aromatic heterocycles. The summed E-state index contributed by atoms with van der Waals surface area (Å²) in [5.74, 6) is 51.1. The largest absolute Gasteiger partial charge is 0.459 e. The maximum absolute atomic E-state index is 15.5. The standard InChI is InChI=1S/C69H65N5O8/c1-7-9-11-13-15-17-19-21-23-34-46-77-81-53(4)50-73(51-54(5)82-78-47-35-24-22-20-18-16-14-12-10-8-2)69(76)80-67-63(70-6)62(66-71-65(72-74(66)67)58-44-42-52(3)43-45-58)68(75)79-64-60(56-38-30-26-31-39-56)48-59(55-36-28-25-29-37-55)49-61(64)57-40-32-27-33-41-57/h1-2,52,55-61,64H,4-5,25-33,36-45,48-51H2,3H3,(H,71,72). The van der Waals surface area contributed by atoms with Crippen molar-refractivity contribution in [2.24, 2.45) is 41.4 Å². The lowest BCUT2D eigenvalue weighted by molar-refractivity contribution is -0.205. The molecule has 0 aliphatic heterocycles. The van der Waals surface area contributed by atoms with E-state index in [0.717, 1.165) is 69.1 Å². The van der Waals surface area contributed by atoms with Crippen molar-refractivity contribution >= 4 is 23.4 Å². The van der Waals surface area contributed by atoms with Crippen LogP contribution in [-0.2, 0) is 24.3 Å². The van der Waals surface area contributed by atoms with Gasteiger partial charge in [0, 0.05) is 65.1 Å². The molecule has 2 atom stereocenters. The van der Waals surface area contributed by atoms with Crippen LogP contribution in [0.2, 0.25) is 0 Å². The number of amides is 1. The Bertz CT molecular complexity index is 3340. The minimum absolute atomic E-state index is 0.0394.